The first-order valence-corrected chi connectivity index (χ1v) is 17.7. The number of benzene rings is 3. The third kappa shape index (κ3) is 9.04. The molecule has 1 aromatic heterocycles. The lowest BCUT2D eigenvalue weighted by Gasteiger charge is -2.18. The van der Waals surface area contributed by atoms with Crippen LogP contribution < -0.4 is 16.0 Å². The molecule has 4 aromatic rings. The molecule has 13 heteroatoms. The lowest BCUT2D eigenvalue weighted by atomic mass is 9.88. The summed E-state index contributed by atoms with van der Waals surface area (Å²) in [5, 5.41) is 19.5. The van der Waals surface area contributed by atoms with Gasteiger partial charge in [-0.25, -0.2) is 4.79 Å². The van der Waals surface area contributed by atoms with Crippen LogP contribution in [0.15, 0.2) is 89.5 Å². The largest absolute Gasteiger partial charge is 0.462 e. The molecule has 0 saturated heterocycles. The number of non-ortho nitro benzene ring substituents is 1. The number of esters is 1. The predicted molar refractivity (Wildman–Crippen MR) is 195 cm³/mol. The number of thioether (sulfide) groups is 1. The highest BCUT2D eigenvalue weighted by molar-refractivity contribution is 8.00. The Labute approximate surface area is 297 Å². The molecular weight excluding hydrogens is 677 g/mol. The summed E-state index contributed by atoms with van der Waals surface area (Å²) >= 11 is 2.71. The average Bonchev–Trinajstić information content (AvgIpc) is 3.45. The molecule has 0 spiro atoms. The predicted octanol–water partition coefficient (Wildman–Crippen LogP) is 7.49. The van der Waals surface area contributed by atoms with Crippen LogP contribution in [0.5, 0.6) is 0 Å². The molecule has 3 aromatic carbocycles. The zero-order valence-electron chi connectivity index (χ0n) is 27.7. The zero-order chi connectivity index (χ0) is 35.8. The Bertz CT molecular complexity index is 1940. The number of hydrogen-bond acceptors (Lipinski definition) is 9. The highest BCUT2D eigenvalue weighted by Gasteiger charge is 2.30. The lowest BCUT2D eigenvalue weighted by Crippen LogP contribution is -2.30. The second-order valence-corrected chi connectivity index (χ2v) is 14.3. The van der Waals surface area contributed by atoms with Crippen LogP contribution in [0.25, 0.3) is 6.08 Å². The number of amides is 3. The number of nitro groups is 1. The molecule has 5 rings (SSSR count). The SMILES string of the molecule is CCOC(=O)c1c(NC(=O)C(C)Sc2cccc(NC(=O)/C(=C\c3ccc([N+](=O)[O-])cc3)NC(=O)c3ccccc3)c2)sc2c1CCC(C)C2. The minimum absolute atomic E-state index is 0.0797. The Morgan fingerprint density at radius 3 is 2.48 bits per heavy atom. The van der Waals surface area contributed by atoms with Gasteiger partial charge in [-0.05, 0) is 98.7 Å². The minimum Gasteiger partial charge on any atom is -0.462 e. The van der Waals surface area contributed by atoms with Crippen LogP contribution in [0, 0.1) is 16.0 Å². The van der Waals surface area contributed by atoms with E-state index in [9.17, 15) is 29.3 Å². The summed E-state index contributed by atoms with van der Waals surface area (Å²) < 4.78 is 5.33. The van der Waals surface area contributed by atoms with Crippen molar-refractivity contribution in [3.8, 4) is 0 Å². The maximum absolute atomic E-state index is 13.5. The first-order chi connectivity index (χ1) is 24.0. The van der Waals surface area contributed by atoms with Gasteiger partial charge in [0.1, 0.15) is 10.7 Å². The van der Waals surface area contributed by atoms with E-state index in [1.807, 2.05) is 6.07 Å². The van der Waals surface area contributed by atoms with E-state index >= 15 is 0 Å². The Morgan fingerprint density at radius 1 is 1.04 bits per heavy atom. The van der Waals surface area contributed by atoms with Crippen LogP contribution in [0.2, 0.25) is 0 Å². The van der Waals surface area contributed by atoms with Crippen molar-refractivity contribution in [3.05, 3.63) is 122 Å². The highest BCUT2D eigenvalue weighted by atomic mass is 32.2. The summed E-state index contributed by atoms with van der Waals surface area (Å²) in [6.07, 6.45) is 4.02. The van der Waals surface area contributed by atoms with Crippen LogP contribution in [0.4, 0.5) is 16.4 Å². The molecule has 2 unspecified atom stereocenters. The molecule has 0 radical (unpaired) electrons. The van der Waals surface area contributed by atoms with E-state index in [2.05, 4.69) is 22.9 Å². The van der Waals surface area contributed by atoms with Gasteiger partial charge in [0.15, 0.2) is 0 Å². The number of hydrogen-bond donors (Lipinski definition) is 3. The second-order valence-electron chi connectivity index (χ2n) is 11.7. The third-order valence-electron chi connectivity index (χ3n) is 7.95. The quantitative estimate of drug-likeness (QED) is 0.0449. The fraction of sp³-hybridized carbons (Fsp3) is 0.243. The molecule has 1 heterocycles. The zero-order valence-corrected chi connectivity index (χ0v) is 29.3. The van der Waals surface area contributed by atoms with E-state index in [4.69, 9.17) is 4.74 Å². The number of nitrogens with zero attached hydrogens (tertiary/aromatic N) is 1. The Morgan fingerprint density at radius 2 is 1.78 bits per heavy atom. The summed E-state index contributed by atoms with van der Waals surface area (Å²) in [5.74, 6) is -1.34. The monoisotopic (exact) mass is 712 g/mol. The molecule has 50 heavy (non-hydrogen) atoms. The van der Waals surface area contributed by atoms with Gasteiger partial charge in [-0.1, -0.05) is 31.2 Å². The van der Waals surface area contributed by atoms with Gasteiger partial charge < -0.3 is 20.7 Å². The van der Waals surface area contributed by atoms with E-state index < -0.39 is 28.0 Å². The number of carbonyl (C=O) groups excluding carboxylic acids is 4. The van der Waals surface area contributed by atoms with Gasteiger partial charge in [0, 0.05) is 33.2 Å². The van der Waals surface area contributed by atoms with Crippen LogP contribution >= 0.6 is 23.1 Å². The number of carbonyl (C=O) groups is 4. The van der Waals surface area contributed by atoms with Gasteiger partial charge in [0.05, 0.1) is 22.3 Å². The molecule has 11 nitrogen and oxygen atoms in total. The lowest BCUT2D eigenvalue weighted by molar-refractivity contribution is -0.384. The van der Waals surface area contributed by atoms with Crippen LogP contribution in [0.1, 0.15) is 63.9 Å². The van der Waals surface area contributed by atoms with Crippen molar-refractivity contribution in [1.29, 1.82) is 0 Å². The van der Waals surface area contributed by atoms with Crippen molar-refractivity contribution in [2.75, 3.05) is 17.2 Å². The second kappa shape index (κ2) is 16.4. The van der Waals surface area contributed by atoms with E-state index in [1.54, 1.807) is 62.4 Å². The van der Waals surface area contributed by atoms with Crippen molar-refractivity contribution in [1.82, 2.24) is 5.32 Å². The number of nitrogens with one attached hydrogen (secondary N) is 3. The van der Waals surface area contributed by atoms with Gasteiger partial charge in [-0.2, -0.15) is 0 Å². The molecule has 2 atom stereocenters. The molecule has 3 N–H and O–H groups in total. The molecule has 0 saturated carbocycles. The van der Waals surface area contributed by atoms with Crippen molar-refractivity contribution >= 4 is 69.2 Å². The van der Waals surface area contributed by atoms with Gasteiger partial charge in [-0.15, -0.1) is 23.1 Å². The standard InChI is InChI=1S/C37H36N4O7S2/c1-4-48-37(45)32-29-18-13-22(2)19-31(29)50-36(32)40-33(42)23(3)49-28-12-8-11-26(21-28)38-35(44)30(39-34(43)25-9-6-5-7-10-25)20-24-14-16-27(17-15-24)41(46)47/h5-12,14-17,20-23H,4,13,18-19H2,1-3H3,(H,38,44)(H,39,43)(H,40,42)/b30-20+. The van der Waals surface area contributed by atoms with Crippen LogP contribution in [-0.2, 0) is 27.2 Å². The summed E-state index contributed by atoms with van der Waals surface area (Å²) in [6.45, 7) is 5.93. The van der Waals surface area contributed by atoms with Gasteiger partial charge >= 0.3 is 5.97 Å². The summed E-state index contributed by atoms with van der Waals surface area (Å²) in [4.78, 5) is 65.2. The summed E-state index contributed by atoms with van der Waals surface area (Å²) in [5.41, 5.74) is 2.45. The maximum Gasteiger partial charge on any atom is 0.341 e. The number of nitro benzene ring substituents is 1. The highest BCUT2D eigenvalue weighted by Crippen LogP contribution is 2.40. The Kier molecular flexibility index (Phi) is 11.8. The average molecular weight is 713 g/mol. The Hall–Kier alpha value is -5.27. The number of thiophene rings is 1. The van der Waals surface area contributed by atoms with Crippen molar-refractivity contribution in [2.45, 2.75) is 50.2 Å². The molecular formula is C37H36N4O7S2. The molecule has 1 aliphatic carbocycles. The smallest absolute Gasteiger partial charge is 0.341 e. The first-order valence-electron chi connectivity index (χ1n) is 16.1. The van der Waals surface area contributed by atoms with E-state index in [0.717, 1.165) is 29.7 Å². The van der Waals surface area contributed by atoms with Crippen molar-refractivity contribution in [3.63, 3.8) is 0 Å². The van der Waals surface area contributed by atoms with Gasteiger partial charge in [-0.3, -0.25) is 24.5 Å². The normalized spacial score (nSPS) is 14.5. The first kappa shape index (κ1) is 36.0. The topological polar surface area (TPSA) is 157 Å². The molecule has 0 aliphatic heterocycles. The van der Waals surface area contributed by atoms with Crippen LogP contribution in [-0.4, -0.2) is 40.5 Å². The van der Waals surface area contributed by atoms with Crippen molar-refractivity contribution < 1.29 is 28.8 Å². The van der Waals surface area contributed by atoms with Gasteiger partial charge in [0.2, 0.25) is 5.91 Å². The summed E-state index contributed by atoms with van der Waals surface area (Å²) in [6, 6.07) is 20.9. The fourth-order valence-corrected chi connectivity index (χ4v) is 7.70. The van der Waals surface area contributed by atoms with Crippen LogP contribution in [0.3, 0.4) is 0 Å². The molecule has 258 valence electrons. The van der Waals surface area contributed by atoms with E-state index in [1.165, 1.54) is 53.4 Å². The fourth-order valence-electron chi connectivity index (χ4n) is 5.38. The third-order valence-corrected chi connectivity index (χ3v) is 10.2. The Balaban J connectivity index is 1.30. The van der Waals surface area contributed by atoms with E-state index in [-0.39, 0.29) is 23.9 Å². The number of fused-ring (bicyclic) bond motifs is 1. The molecule has 1 aliphatic rings. The van der Waals surface area contributed by atoms with Crippen molar-refractivity contribution in [2.24, 2.45) is 5.92 Å². The van der Waals surface area contributed by atoms with E-state index in [0.29, 0.717) is 38.2 Å². The number of rotatable bonds is 12. The summed E-state index contributed by atoms with van der Waals surface area (Å²) in [7, 11) is 0. The van der Waals surface area contributed by atoms with Gasteiger partial charge in [0.25, 0.3) is 17.5 Å². The number of anilines is 2. The molecule has 0 bridgehead atoms. The molecule has 3 amide bonds. The number of ether oxygens (including phenoxy) is 1. The maximum atomic E-state index is 13.5. The minimum atomic E-state index is -0.622. The molecule has 0 fully saturated rings.